The molecule has 0 aromatic rings. The Morgan fingerprint density at radius 1 is 1.56 bits per heavy atom. The summed E-state index contributed by atoms with van der Waals surface area (Å²) in [4.78, 5) is 0. The van der Waals surface area contributed by atoms with E-state index in [9.17, 15) is 0 Å². The molecule has 52 valence electrons. The molecule has 0 saturated carbocycles. The van der Waals surface area contributed by atoms with Crippen molar-refractivity contribution in [3.05, 3.63) is 0 Å². The summed E-state index contributed by atoms with van der Waals surface area (Å²) < 4.78 is 2.07. The summed E-state index contributed by atoms with van der Waals surface area (Å²) in [7, 11) is 2.05. The third-order valence-electron chi connectivity index (χ3n) is 2.61. The molecule has 1 rings (SSSR count). The van der Waals surface area contributed by atoms with Crippen LogP contribution in [0.5, 0.6) is 0 Å². The lowest BCUT2D eigenvalue weighted by Gasteiger charge is -2.15. The molecule has 1 atom stereocenters. The van der Waals surface area contributed by atoms with Crippen LogP contribution in [0.2, 0.25) is 0 Å². The Bertz CT molecular complexity index is 147. The van der Waals surface area contributed by atoms with Crippen LogP contribution in [-0.2, 0) is 0 Å². The van der Waals surface area contributed by atoms with E-state index in [1.807, 2.05) is 7.05 Å². The first-order chi connectivity index (χ1) is 4.05. The summed E-state index contributed by atoms with van der Waals surface area (Å²) in [5.74, 6) is 0.697. The fourth-order valence-corrected chi connectivity index (χ4v) is 0.970. The minimum atomic E-state index is 0.278. The highest BCUT2D eigenvalue weighted by molar-refractivity contribution is 4.77. The molecule has 2 nitrogen and oxygen atoms in total. The molecule has 0 saturated heterocycles. The van der Waals surface area contributed by atoms with E-state index in [0.717, 1.165) is 6.54 Å². The molecule has 0 spiro atoms. The fraction of sp³-hybridized carbons (Fsp3) is 1.00. The maximum Gasteiger partial charge on any atom is 0.186 e. The van der Waals surface area contributed by atoms with E-state index in [-0.39, 0.29) is 5.54 Å². The SMILES string of the molecule is CC1CN=[N+](C)C1(C)C. The first-order valence-electron chi connectivity index (χ1n) is 3.46. The van der Waals surface area contributed by atoms with E-state index in [0.29, 0.717) is 5.92 Å². The number of hydrogen-bond donors (Lipinski definition) is 0. The van der Waals surface area contributed by atoms with Crippen LogP contribution in [0.25, 0.3) is 0 Å². The normalized spacial score (nSPS) is 32.4. The van der Waals surface area contributed by atoms with Crippen molar-refractivity contribution in [2.75, 3.05) is 13.6 Å². The Morgan fingerprint density at radius 2 is 2.11 bits per heavy atom. The Morgan fingerprint density at radius 3 is 2.22 bits per heavy atom. The second-order valence-electron chi connectivity index (χ2n) is 3.40. The van der Waals surface area contributed by atoms with Crippen LogP contribution < -0.4 is 0 Å². The smallest absolute Gasteiger partial charge is 0.125 e. The van der Waals surface area contributed by atoms with Gasteiger partial charge in [0.05, 0.1) is 0 Å². The van der Waals surface area contributed by atoms with Crippen molar-refractivity contribution >= 4 is 0 Å². The molecule has 1 unspecified atom stereocenters. The third kappa shape index (κ3) is 0.865. The zero-order valence-electron chi connectivity index (χ0n) is 6.68. The molecule has 0 radical (unpaired) electrons. The van der Waals surface area contributed by atoms with Crippen molar-refractivity contribution < 1.29 is 4.70 Å². The van der Waals surface area contributed by atoms with Crippen LogP contribution in [-0.4, -0.2) is 23.8 Å². The van der Waals surface area contributed by atoms with Crippen LogP contribution in [0, 0.1) is 5.92 Å². The van der Waals surface area contributed by atoms with Crippen LogP contribution >= 0.6 is 0 Å². The monoisotopic (exact) mass is 127 g/mol. The summed E-state index contributed by atoms with van der Waals surface area (Å²) in [5.41, 5.74) is 0.278. The standard InChI is InChI=1S/C7H15N2/c1-6-5-8-9(4)7(6,2)3/h6H,5H2,1-4H3/q+1. The lowest BCUT2D eigenvalue weighted by Crippen LogP contribution is -2.35. The summed E-state index contributed by atoms with van der Waals surface area (Å²) in [6.45, 7) is 7.69. The average molecular weight is 127 g/mol. The van der Waals surface area contributed by atoms with Crippen molar-refractivity contribution in [3.63, 3.8) is 0 Å². The van der Waals surface area contributed by atoms with E-state index in [4.69, 9.17) is 0 Å². The quantitative estimate of drug-likeness (QED) is 0.438. The largest absolute Gasteiger partial charge is 0.186 e. The van der Waals surface area contributed by atoms with Gasteiger partial charge in [0.25, 0.3) is 0 Å². The Balaban J connectivity index is 2.81. The maximum atomic E-state index is 4.30. The Labute approximate surface area is 56.6 Å². The van der Waals surface area contributed by atoms with Gasteiger partial charge in [0.2, 0.25) is 0 Å². The summed E-state index contributed by atoms with van der Waals surface area (Å²) >= 11 is 0. The van der Waals surface area contributed by atoms with Gasteiger partial charge in [-0.25, -0.2) is 0 Å². The average Bonchev–Trinajstić information content (AvgIpc) is 1.96. The van der Waals surface area contributed by atoms with Gasteiger partial charge in [0.15, 0.2) is 12.6 Å². The van der Waals surface area contributed by atoms with E-state index in [1.165, 1.54) is 0 Å². The van der Waals surface area contributed by atoms with E-state index < -0.39 is 0 Å². The molecule has 0 amide bonds. The second-order valence-corrected chi connectivity index (χ2v) is 3.40. The van der Waals surface area contributed by atoms with Crippen molar-refractivity contribution in [1.29, 1.82) is 0 Å². The van der Waals surface area contributed by atoms with Crippen molar-refractivity contribution in [2.45, 2.75) is 26.3 Å². The van der Waals surface area contributed by atoms with E-state index >= 15 is 0 Å². The van der Waals surface area contributed by atoms with Gasteiger partial charge in [-0.3, -0.25) is 0 Å². The zero-order valence-corrected chi connectivity index (χ0v) is 6.68. The van der Waals surface area contributed by atoms with Gasteiger partial charge in [0, 0.05) is 19.8 Å². The van der Waals surface area contributed by atoms with Crippen LogP contribution in [0.3, 0.4) is 0 Å². The minimum absolute atomic E-state index is 0.278. The first-order valence-corrected chi connectivity index (χ1v) is 3.46. The molecular weight excluding hydrogens is 112 g/mol. The fourth-order valence-electron chi connectivity index (χ4n) is 0.970. The molecule has 9 heavy (non-hydrogen) atoms. The zero-order chi connectivity index (χ0) is 7.07. The van der Waals surface area contributed by atoms with Gasteiger partial charge in [-0.15, -0.1) is 4.70 Å². The number of azo groups is 2. The summed E-state index contributed by atoms with van der Waals surface area (Å²) in [6.07, 6.45) is 0. The summed E-state index contributed by atoms with van der Waals surface area (Å²) in [5, 5.41) is 4.30. The lowest BCUT2D eigenvalue weighted by atomic mass is 9.91. The van der Waals surface area contributed by atoms with Gasteiger partial charge in [-0.1, -0.05) is 6.92 Å². The predicted octanol–water partition coefficient (Wildman–Crippen LogP) is 1.51. The molecule has 0 fully saturated rings. The molecule has 2 heteroatoms. The van der Waals surface area contributed by atoms with E-state index in [1.54, 1.807) is 0 Å². The number of hydrogen-bond acceptors (Lipinski definition) is 1. The predicted molar refractivity (Wildman–Crippen MR) is 36.7 cm³/mol. The molecule has 0 aliphatic carbocycles. The molecule has 1 heterocycles. The molecule has 0 bridgehead atoms. The first kappa shape index (κ1) is 6.72. The lowest BCUT2D eigenvalue weighted by molar-refractivity contribution is -0.626. The maximum absolute atomic E-state index is 4.30. The van der Waals surface area contributed by atoms with Crippen molar-refractivity contribution in [1.82, 2.24) is 0 Å². The minimum Gasteiger partial charge on any atom is -0.125 e. The van der Waals surface area contributed by atoms with Gasteiger partial charge in [0.1, 0.15) is 6.54 Å². The highest BCUT2D eigenvalue weighted by Gasteiger charge is 2.41. The highest BCUT2D eigenvalue weighted by atomic mass is 15.3. The van der Waals surface area contributed by atoms with Crippen molar-refractivity contribution in [2.24, 2.45) is 11.0 Å². The van der Waals surface area contributed by atoms with E-state index in [2.05, 4.69) is 30.6 Å². The molecule has 1 aliphatic rings. The van der Waals surface area contributed by atoms with Gasteiger partial charge >= 0.3 is 0 Å². The summed E-state index contributed by atoms with van der Waals surface area (Å²) in [6, 6.07) is 0. The van der Waals surface area contributed by atoms with Gasteiger partial charge in [-0.2, -0.15) is 0 Å². The topological polar surface area (TPSA) is 15.4 Å². The Hall–Kier alpha value is -0.400. The third-order valence-corrected chi connectivity index (χ3v) is 2.61. The molecular formula is C7H15N2+. The molecule has 0 aromatic heterocycles. The number of rotatable bonds is 0. The second kappa shape index (κ2) is 1.79. The van der Waals surface area contributed by atoms with Crippen LogP contribution in [0.4, 0.5) is 0 Å². The molecule has 1 aliphatic heterocycles. The Kier molecular flexibility index (Phi) is 1.34. The van der Waals surface area contributed by atoms with Crippen LogP contribution in [0.15, 0.2) is 5.11 Å². The van der Waals surface area contributed by atoms with Crippen LogP contribution in [0.1, 0.15) is 20.8 Å². The van der Waals surface area contributed by atoms with Gasteiger partial charge in [-0.05, 0) is 5.11 Å². The molecule has 0 N–H and O–H groups in total. The number of nitrogens with zero attached hydrogens (tertiary/aromatic N) is 2. The molecule has 0 aromatic carbocycles. The highest BCUT2D eigenvalue weighted by Crippen LogP contribution is 2.25. The van der Waals surface area contributed by atoms with Gasteiger partial charge < -0.3 is 0 Å². The van der Waals surface area contributed by atoms with Crippen molar-refractivity contribution in [3.8, 4) is 0 Å².